The van der Waals surface area contributed by atoms with Crippen molar-refractivity contribution < 1.29 is 4.79 Å². The second-order valence-electron chi connectivity index (χ2n) is 4.05. The molecular weight excluding hydrogens is 260 g/mol. The fourth-order valence-corrected chi connectivity index (χ4v) is 2.18. The molecule has 1 aromatic heterocycles. The largest absolute Gasteiger partial charge is 0.287 e. The zero-order valence-electron chi connectivity index (χ0n) is 9.88. The average Bonchev–Trinajstić information content (AvgIpc) is 2.46. The van der Waals surface area contributed by atoms with Crippen LogP contribution in [0.4, 0.5) is 0 Å². The highest BCUT2D eigenvalue weighted by Gasteiger charge is 2.16. The van der Waals surface area contributed by atoms with Crippen LogP contribution in [0, 0.1) is 0 Å². The summed E-state index contributed by atoms with van der Waals surface area (Å²) in [5.41, 5.74) is 1.57. The predicted molar refractivity (Wildman–Crippen MR) is 74.4 cm³/mol. The molecule has 2 aromatic carbocycles. The molecule has 3 nitrogen and oxygen atoms in total. The number of ketones is 1. The van der Waals surface area contributed by atoms with Crippen LogP contribution in [0.15, 0.2) is 54.9 Å². The summed E-state index contributed by atoms with van der Waals surface area (Å²) < 4.78 is 0. The summed E-state index contributed by atoms with van der Waals surface area (Å²) in [6.07, 6.45) is 1.40. The Morgan fingerprint density at radius 3 is 2.53 bits per heavy atom. The van der Waals surface area contributed by atoms with Crippen LogP contribution in [-0.4, -0.2) is 15.8 Å². The maximum absolute atomic E-state index is 12.5. The highest BCUT2D eigenvalue weighted by Crippen LogP contribution is 2.22. The van der Waals surface area contributed by atoms with Crippen LogP contribution < -0.4 is 0 Å². The SMILES string of the molecule is O=C(c1ccccc1Cl)c1ncnc2ccccc12. The van der Waals surface area contributed by atoms with E-state index in [1.807, 2.05) is 24.3 Å². The predicted octanol–water partition coefficient (Wildman–Crippen LogP) is 3.51. The van der Waals surface area contributed by atoms with Gasteiger partial charge in [-0.1, -0.05) is 41.9 Å². The Bertz CT molecular complexity index is 765. The van der Waals surface area contributed by atoms with Gasteiger partial charge in [-0.05, 0) is 18.2 Å². The zero-order valence-corrected chi connectivity index (χ0v) is 10.6. The van der Waals surface area contributed by atoms with Gasteiger partial charge in [-0.15, -0.1) is 0 Å². The fraction of sp³-hybridized carbons (Fsp3) is 0. The molecule has 19 heavy (non-hydrogen) atoms. The summed E-state index contributed by atoms with van der Waals surface area (Å²) in [6.45, 7) is 0. The molecule has 0 aliphatic rings. The Kier molecular flexibility index (Phi) is 2.97. The number of rotatable bonds is 2. The first-order valence-corrected chi connectivity index (χ1v) is 6.14. The van der Waals surface area contributed by atoms with Crippen molar-refractivity contribution in [1.82, 2.24) is 9.97 Å². The monoisotopic (exact) mass is 268 g/mol. The number of para-hydroxylation sites is 1. The summed E-state index contributed by atoms with van der Waals surface area (Å²) >= 11 is 6.06. The maximum atomic E-state index is 12.5. The molecule has 0 spiro atoms. The van der Waals surface area contributed by atoms with E-state index >= 15 is 0 Å². The molecule has 0 N–H and O–H groups in total. The van der Waals surface area contributed by atoms with Gasteiger partial charge in [0.1, 0.15) is 12.0 Å². The van der Waals surface area contributed by atoms with E-state index in [9.17, 15) is 4.79 Å². The van der Waals surface area contributed by atoms with Crippen molar-refractivity contribution in [2.45, 2.75) is 0 Å². The first kappa shape index (κ1) is 11.8. The van der Waals surface area contributed by atoms with Crippen molar-refractivity contribution in [2.75, 3.05) is 0 Å². The molecule has 3 rings (SSSR count). The van der Waals surface area contributed by atoms with Gasteiger partial charge in [0.15, 0.2) is 0 Å². The second kappa shape index (κ2) is 4.78. The molecule has 0 amide bonds. The van der Waals surface area contributed by atoms with Crippen molar-refractivity contribution >= 4 is 28.3 Å². The Labute approximate surface area is 114 Å². The highest BCUT2D eigenvalue weighted by atomic mass is 35.5. The third kappa shape index (κ3) is 2.09. The van der Waals surface area contributed by atoms with E-state index in [0.717, 1.165) is 10.9 Å². The minimum Gasteiger partial charge on any atom is -0.287 e. The summed E-state index contributed by atoms with van der Waals surface area (Å²) in [6, 6.07) is 14.4. The van der Waals surface area contributed by atoms with Gasteiger partial charge in [-0.25, -0.2) is 9.97 Å². The molecule has 0 radical (unpaired) electrons. The summed E-state index contributed by atoms with van der Waals surface area (Å²) in [5.74, 6) is -0.191. The second-order valence-corrected chi connectivity index (χ2v) is 4.46. The lowest BCUT2D eigenvalue weighted by Crippen LogP contribution is -2.06. The molecule has 92 valence electrons. The van der Waals surface area contributed by atoms with Crippen LogP contribution in [0.1, 0.15) is 16.1 Å². The molecule has 0 bridgehead atoms. The number of nitrogens with zero attached hydrogens (tertiary/aromatic N) is 2. The fourth-order valence-electron chi connectivity index (χ4n) is 1.96. The van der Waals surface area contributed by atoms with Gasteiger partial charge in [-0.3, -0.25) is 4.79 Å². The van der Waals surface area contributed by atoms with E-state index in [4.69, 9.17) is 11.6 Å². The third-order valence-electron chi connectivity index (χ3n) is 2.88. The molecular formula is C15H9ClN2O. The number of halogens is 1. The van der Waals surface area contributed by atoms with Gasteiger partial charge in [0, 0.05) is 10.9 Å². The van der Waals surface area contributed by atoms with Gasteiger partial charge in [0.25, 0.3) is 0 Å². The maximum Gasteiger partial charge on any atom is 0.213 e. The van der Waals surface area contributed by atoms with Crippen LogP contribution in [0.3, 0.4) is 0 Å². The molecule has 0 fully saturated rings. The Hall–Kier alpha value is -2.26. The molecule has 0 unspecified atom stereocenters. The summed E-state index contributed by atoms with van der Waals surface area (Å²) in [5, 5.41) is 1.16. The average molecular weight is 269 g/mol. The van der Waals surface area contributed by atoms with Gasteiger partial charge < -0.3 is 0 Å². The summed E-state index contributed by atoms with van der Waals surface area (Å²) in [7, 11) is 0. The lowest BCUT2D eigenvalue weighted by molar-refractivity contribution is 0.103. The van der Waals surface area contributed by atoms with E-state index in [0.29, 0.717) is 16.3 Å². The molecule has 3 aromatic rings. The van der Waals surface area contributed by atoms with Crippen LogP contribution in [0.5, 0.6) is 0 Å². The number of fused-ring (bicyclic) bond motifs is 1. The van der Waals surface area contributed by atoms with Gasteiger partial charge in [0.05, 0.1) is 10.5 Å². The van der Waals surface area contributed by atoms with Crippen molar-refractivity contribution in [3.63, 3.8) is 0 Å². The highest BCUT2D eigenvalue weighted by molar-refractivity contribution is 6.35. The van der Waals surface area contributed by atoms with Gasteiger partial charge in [0.2, 0.25) is 5.78 Å². The van der Waals surface area contributed by atoms with E-state index in [2.05, 4.69) is 9.97 Å². The quantitative estimate of drug-likeness (QED) is 0.668. The van der Waals surface area contributed by atoms with Crippen LogP contribution in [-0.2, 0) is 0 Å². The molecule has 0 saturated carbocycles. The smallest absolute Gasteiger partial charge is 0.213 e. The topological polar surface area (TPSA) is 42.9 Å². The molecule has 0 aliphatic heterocycles. The Balaban J connectivity index is 2.20. The first-order valence-electron chi connectivity index (χ1n) is 5.76. The number of benzene rings is 2. The number of hydrogen-bond acceptors (Lipinski definition) is 3. The minimum absolute atomic E-state index is 0.191. The number of carbonyl (C=O) groups excluding carboxylic acids is 1. The van der Waals surface area contributed by atoms with Crippen molar-refractivity contribution in [2.24, 2.45) is 0 Å². The van der Waals surface area contributed by atoms with E-state index in [1.165, 1.54) is 6.33 Å². The number of aromatic nitrogens is 2. The first-order chi connectivity index (χ1) is 9.27. The van der Waals surface area contributed by atoms with E-state index in [-0.39, 0.29) is 5.78 Å². The molecule has 0 atom stereocenters. The summed E-state index contributed by atoms with van der Waals surface area (Å²) in [4.78, 5) is 20.8. The standard InChI is InChI=1S/C15H9ClN2O/c16-12-7-3-1-5-10(12)15(19)14-11-6-2-4-8-13(11)17-9-18-14/h1-9H. The lowest BCUT2D eigenvalue weighted by atomic mass is 10.0. The van der Waals surface area contributed by atoms with Crippen molar-refractivity contribution in [3.05, 3.63) is 71.1 Å². The van der Waals surface area contributed by atoms with Crippen LogP contribution >= 0.6 is 11.6 Å². The Morgan fingerprint density at radius 1 is 0.947 bits per heavy atom. The van der Waals surface area contributed by atoms with Crippen molar-refractivity contribution in [3.8, 4) is 0 Å². The molecule has 4 heteroatoms. The van der Waals surface area contributed by atoms with Gasteiger partial charge >= 0.3 is 0 Å². The van der Waals surface area contributed by atoms with Crippen LogP contribution in [0.25, 0.3) is 10.9 Å². The van der Waals surface area contributed by atoms with Crippen molar-refractivity contribution in [1.29, 1.82) is 0 Å². The molecule has 1 heterocycles. The van der Waals surface area contributed by atoms with E-state index < -0.39 is 0 Å². The van der Waals surface area contributed by atoms with E-state index in [1.54, 1.807) is 24.3 Å². The normalized spacial score (nSPS) is 10.6. The minimum atomic E-state index is -0.191. The zero-order chi connectivity index (χ0) is 13.2. The number of carbonyl (C=O) groups is 1. The number of hydrogen-bond donors (Lipinski definition) is 0. The van der Waals surface area contributed by atoms with Gasteiger partial charge in [-0.2, -0.15) is 0 Å². The van der Waals surface area contributed by atoms with Crippen LogP contribution in [0.2, 0.25) is 5.02 Å². The Morgan fingerprint density at radius 2 is 1.68 bits per heavy atom. The molecule has 0 aliphatic carbocycles. The lowest BCUT2D eigenvalue weighted by Gasteiger charge is -2.05. The molecule has 0 saturated heterocycles. The third-order valence-corrected chi connectivity index (χ3v) is 3.21.